The van der Waals surface area contributed by atoms with E-state index in [2.05, 4.69) is 10.1 Å². The topological polar surface area (TPSA) is 120 Å². The zero-order valence-electron chi connectivity index (χ0n) is 15.1. The van der Waals surface area contributed by atoms with Crippen molar-refractivity contribution in [1.82, 2.24) is 14.8 Å². The number of hydrogen-bond acceptors (Lipinski definition) is 7. The van der Waals surface area contributed by atoms with Gasteiger partial charge in [0.25, 0.3) is 5.56 Å². The molecular formula is C17H19N3O6. The minimum Gasteiger partial charge on any atom is -0.465 e. The Kier molecular flexibility index (Phi) is 5.39. The van der Waals surface area contributed by atoms with Crippen molar-refractivity contribution in [2.45, 2.75) is 26.9 Å². The number of H-pyrrole nitrogens is 1. The van der Waals surface area contributed by atoms with Gasteiger partial charge in [-0.1, -0.05) is 0 Å². The fourth-order valence-corrected chi connectivity index (χ4v) is 2.49. The fourth-order valence-electron chi connectivity index (χ4n) is 2.49. The molecule has 0 spiro atoms. The molecule has 2 heterocycles. The van der Waals surface area contributed by atoms with Crippen LogP contribution >= 0.6 is 0 Å². The summed E-state index contributed by atoms with van der Waals surface area (Å²) < 4.78 is 10.8. The molecule has 9 heteroatoms. The third-order valence-electron chi connectivity index (χ3n) is 3.90. The first kappa shape index (κ1) is 19.1. The number of hydrogen-bond donors (Lipinski definition) is 1. The Bertz CT molecular complexity index is 940. The number of ether oxygens (including phenoxy) is 2. The number of ketones is 1. The molecule has 1 unspecified atom stereocenters. The summed E-state index contributed by atoms with van der Waals surface area (Å²) in [6, 6.07) is 2.40. The number of esters is 2. The Morgan fingerprint density at radius 3 is 2.42 bits per heavy atom. The second-order valence-corrected chi connectivity index (χ2v) is 5.71. The maximum atomic E-state index is 12.6. The lowest BCUT2D eigenvalue weighted by Gasteiger charge is -2.12. The van der Waals surface area contributed by atoms with Gasteiger partial charge in [0.05, 0.1) is 18.4 Å². The van der Waals surface area contributed by atoms with Gasteiger partial charge in [-0.15, -0.1) is 0 Å². The van der Waals surface area contributed by atoms with Crippen molar-refractivity contribution >= 4 is 17.7 Å². The highest BCUT2D eigenvalue weighted by Gasteiger charge is 2.28. The van der Waals surface area contributed by atoms with Gasteiger partial charge in [-0.05, 0) is 32.4 Å². The highest BCUT2D eigenvalue weighted by Crippen LogP contribution is 2.21. The summed E-state index contributed by atoms with van der Waals surface area (Å²) >= 11 is 0. The van der Waals surface area contributed by atoms with Gasteiger partial charge in [-0.2, -0.15) is 5.10 Å². The van der Waals surface area contributed by atoms with Crippen LogP contribution in [0.1, 0.15) is 49.5 Å². The van der Waals surface area contributed by atoms with Crippen LogP contribution in [-0.4, -0.2) is 45.7 Å². The smallest absolute Gasteiger partial charge is 0.359 e. The van der Waals surface area contributed by atoms with Gasteiger partial charge in [-0.3, -0.25) is 9.59 Å². The Hall–Kier alpha value is -3.23. The van der Waals surface area contributed by atoms with Crippen LogP contribution in [0.25, 0.3) is 0 Å². The summed E-state index contributed by atoms with van der Waals surface area (Å²) in [6.07, 6.45) is -1.12. The maximum absolute atomic E-state index is 12.6. The molecule has 2 rings (SSSR count). The number of nitrogens with zero attached hydrogens (tertiary/aromatic N) is 2. The number of aryl methyl sites for hydroxylation is 2. The lowest BCUT2D eigenvalue weighted by Crippen LogP contribution is -2.27. The molecular weight excluding hydrogens is 342 g/mol. The molecule has 26 heavy (non-hydrogen) atoms. The van der Waals surface area contributed by atoms with Gasteiger partial charge >= 0.3 is 11.9 Å². The van der Waals surface area contributed by atoms with Crippen molar-refractivity contribution in [3.63, 3.8) is 0 Å². The Labute approximate surface area is 148 Å². The number of aromatic nitrogens is 3. The van der Waals surface area contributed by atoms with Crippen LogP contribution in [0, 0.1) is 13.8 Å². The molecule has 9 nitrogen and oxygen atoms in total. The number of Topliss-reactive ketones (excluding diaryl/α,β-unsaturated/α-hetero) is 1. The number of nitrogens with one attached hydrogen (secondary N) is 1. The molecule has 0 radical (unpaired) electrons. The first-order valence-electron chi connectivity index (χ1n) is 7.74. The molecule has 1 N–H and O–H groups in total. The van der Waals surface area contributed by atoms with E-state index >= 15 is 0 Å². The standard InChI is InChI=1S/C17H19N3O6/c1-8-13(17(24)25-5)9(2)18-14(8)15(22)10(3)26-16(23)11-6-7-12(21)20(4)19-11/h6-7,10,18H,1-5H3. The first-order chi connectivity index (χ1) is 12.2. The molecule has 0 fully saturated rings. The van der Waals surface area contributed by atoms with Crippen LogP contribution in [0.4, 0.5) is 0 Å². The summed E-state index contributed by atoms with van der Waals surface area (Å²) in [6.45, 7) is 4.66. The molecule has 0 amide bonds. The van der Waals surface area contributed by atoms with E-state index in [1.54, 1.807) is 13.8 Å². The van der Waals surface area contributed by atoms with Crippen molar-refractivity contribution in [1.29, 1.82) is 0 Å². The van der Waals surface area contributed by atoms with E-state index in [1.165, 1.54) is 33.2 Å². The second kappa shape index (κ2) is 7.34. The number of methoxy groups -OCH3 is 1. The third kappa shape index (κ3) is 3.56. The normalized spacial score (nSPS) is 11.7. The summed E-state index contributed by atoms with van der Waals surface area (Å²) in [4.78, 5) is 50.7. The van der Waals surface area contributed by atoms with E-state index in [0.717, 1.165) is 4.68 Å². The minimum absolute atomic E-state index is 0.0959. The highest BCUT2D eigenvalue weighted by molar-refractivity contribution is 6.04. The number of aromatic amines is 1. The fraction of sp³-hybridized carbons (Fsp3) is 0.353. The zero-order chi connectivity index (χ0) is 19.6. The van der Waals surface area contributed by atoms with Crippen LogP contribution in [0.15, 0.2) is 16.9 Å². The lowest BCUT2D eigenvalue weighted by molar-refractivity contribution is 0.0308. The summed E-state index contributed by atoms with van der Waals surface area (Å²) in [5, 5.41) is 3.78. The maximum Gasteiger partial charge on any atom is 0.359 e. The van der Waals surface area contributed by atoms with Crippen LogP contribution in [0.5, 0.6) is 0 Å². The largest absolute Gasteiger partial charge is 0.465 e. The van der Waals surface area contributed by atoms with Crippen LogP contribution in [0.3, 0.4) is 0 Å². The lowest BCUT2D eigenvalue weighted by atomic mass is 10.1. The molecule has 0 aliphatic heterocycles. The predicted octanol–water partition coefficient (Wildman–Crippen LogP) is 0.940. The zero-order valence-corrected chi connectivity index (χ0v) is 15.1. The number of rotatable bonds is 5. The van der Waals surface area contributed by atoms with Crippen LogP contribution in [-0.2, 0) is 16.5 Å². The van der Waals surface area contributed by atoms with Gasteiger partial charge in [0, 0.05) is 18.8 Å². The highest BCUT2D eigenvalue weighted by atomic mass is 16.5. The Morgan fingerprint density at radius 2 is 1.85 bits per heavy atom. The number of carbonyl (C=O) groups excluding carboxylic acids is 3. The Morgan fingerprint density at radius 1 is 1.19 bits per heavy atom. The molecule has 2 aromatic heterocycles. The van der Waals surface area contributed by atoms with E-state index in [1.807, 2.05) is 0 Å². The molecule has 2 aromatic rings. The third-order valence-corrected chi connectivity index (χ3v) is 3.90. The van der Waals surface area contributed by atoms with E-state index < -0.39 is 23.8 Å². The van der Waals surface area contributed by atoms with E-state index in [4.69, 9.17) is 9.47 Å². The van der Waals surface area contributed by atoms with Gasteiger partial charge in [0.2, 0.25) is 5.78 Å². The average Bonchev–Trinajstić information content (AvgIpc) is 2.90. The molecule has 0 aliphatic carbocycles. The molecule has 1 atom stereocenters. The van der Waals surface area contributed by atoms with Gasteiger partial charge < -0.3 is 14.5 Å². The van der Waals surface area contributed by atoms with Crippen LogP contribution < -0.4 is 5.56 Å². The monoisotopic (exact) mass is 361 g/mol. The van der Waals surface area contributed by atoms with Gasteiger partial charge in [0.1, 0.15) is 0 Å². The van der Waals surface area contributed by atoms with Crippen molar-refractivity contribution in [3.05, 3.63) is 50.7 Å². The van der Waals surface area contributed by atoms with Gasteiger partial charge in [-0.25, -0.2) is 14.3 Å². The average molecular weight is 361 g/mol. The number of carbonyl (C=O) groups is 3. The van der Waals surface area contributed by atoms with Crippen molar-refractivity contribution in [2.75, 3.05) is 7.11 Å². The predicted molar refractivity (Wildman–Crippen MR) is 90.3 cm³/mol. The van der Waals surface area contributed by atoms with Crippen molar-refractivity contribution in [2.24, 2.45) is 7.05 Å². The van der Waals surface area contributed by atoms with Gasteiger partial charge in [0.15, 0.2) is 11.8 Å². The minimum atomic E-state index is -1.12. The Balaban J connectivity index is 2.22. The molecule has 0 bridgehead atoms. The van der Waals surface area contributed by atoms with Crippen molar-refractivity contribution < 1.29 is 23.9 Å². The molecule has 0 saturated carbocycles. The van der Waals surface area contributed by atoms with E-state index in [-0.39, 0.29) is 22.5 Å². The van der Waals surface area contributed by atoms with Crippen molar-refractivity contribution in [3.8, 4) is 0 Å². The quantitative estimate of drug-likeness (QED) is 0.621. The molecule has 0 saturated heterocycles. The first-order valence-corrected chi connectivity index (χ1v) is 7.74. The molecule has 0 aliphatic rings. The van der Waals surface area contributed by atoms with E-state index in [9.17, 15) is 19.2 Å². The van der Waals surface area contributed by atoms with Crippen LogP contribution in [0.2, 0.25) is 0 Å². The molecule has 138 valence electrons. The SMILES string of the molecule is COC(=O)c1c(C)[nH]c(C(=O)C(C)OC(=O)c2ccc(=O)n(C)n2)c1C. The van der Waals surface area contributed by atoms with E-state index in [0.29, 0.717) is 11.3 Å². The summed E-state index contributed by atoms with van der Waals surface area (Å²) in [5.74, 6) is -1.90. The second-order valence-electron chi connectivity index (χ2n) is 5.71. The molecule has 0 aromatic carbocycles. The summed E-state index contributed by atoms with van der Waals surface area (Å²) in [5.41, 5.74) is 0.865. The summed E-state index contributed by atoms with van der Waals surface area (Å²) in [7, 11) is 2.65.